The molecule has 1 aliphatic rings. The number of halogens is 3. The van der Waals surface area contributed by atoms with Crippen molar-refractivity contribution in [1.29, 1.82) is 0 Å². The van der Waals surface area contributed by atoms with Crippen molar-refractivity contribution in [2.75, 3.05) is 5.73 Å². The lowest BCUT2D eigenvalue weighted by molar-refractivity contribution is -0.164. The van der Waals surface area contributed by atoms with Gasteiger partial charge in [0.1, 0.15) is 17.6 Å². The molecular weight excluding hydrogens is 384 g/mol. The molecule has 29 heavy (non-hydrogen) atoms. The van der Waals surface area contributed by atoms with Gasteiger partial charge in [-0.1, -0.05) is 24.3 Å². The summed E-state index contributed by atoms with van der Waals surface area (Å²) in [6.45, 7) is 11.5. The van der Waals surface area contributed by atoms with E-state index < -0.39 is 43.2 Å². The van der Waals surface area contributed by atoms with Gasteiger partial charge >= 0.3 is 13.3 Å². The zero-order valence-electron chi connectivity index (χ0n) is 19.3. The third-order valence-electron chi connectivity index (χ3n) is 5.30. The number of nitrogens with zero attached hydrogens (tertiary/aromatic N) is 3. The minimum Gasteiger partial charge on any atom is -0.399 e. The molecule has 3 rings (SSSR count). The number of anilines is 1. The molecule has 0 aliphatic carbocycles. The van der Waals surface area contributed by atoms with Crippen molar-refractivity contribution >= 4 is 24.1 Å². The van der Waals surface area contributed by atoms with Crippen molar-refractivity contribution in [3.63, 3.8) is 0 Å². The van der Waals surface area contributed by atoms with Crippen LogP contribution in [0.4, 0.5) is 24.7 Å². The molecule has 10 heteroatoms. The Bertz CT molecular complexity index is 1030. The maximum atomic E-state index is 13.5. The van der Waals surface area contributed by atoms with Crippen LogP contribution in [0.15, 0.2) is 24.3 Å². The van der Waals surface area contributed by atoms with E-state index in [1.807, 2.05) is 27.7 Å². The molecule has 1 aromatic carbocycles. The van der Waals surface area contributed by atoms with Crippen LogP contribution in [0.3, 0.4) is 0 Å². The van der Waals surface area contributed by atoms with Gasteiger partial charge in [0, 0.05) is 4.11 Å². The van der Waals surface area contributed by atoms with Crippen molar-refractivity contribution in [2.45, 2.75) is 58.0 Å². The average molecular weight is 409 g/mol. The van der Waals surface area contributed by atoms with Gasteiger partial charge in [0.05, 0.1) is 17.8 Å². The summed E-state index contributed by atoms with van der Waals surface area (Å²) in [5.74, 6) is -0.663. The topological polar surface area (TPSA) is 66.7 Å². The highest BCUT2D eigenvalue weighted by Crippen LogP contribution is 2.40. The Morgan fingerprint density at radius 3 is 2.21 bits per heavy atom. The predicted octanol–water partition coefficient (Wildman–Crippen LogP) is 4.11. The Morgan fingerprint density at radius 1 is 1.21 bits per heavy atom. The first-order valence-corrected chi connectivity index (χ1v) is 8.78. The van der Waals surface area contributed by atoms with Crippen molar-refractivity contribution < 1.29 is 26.6 Å². The molecule has 0 amide bonds. The third-order valence-corrected chi connectivity index (χ3v) is 5.30. The van der Waals surface area contributed by atoms with Crippen LogP contribution < -0.4 is 11.2 Å². The Hall–Kier alpha value is -2.51. The Labute approximate surface area is 172 Å². The van der Waals surface area contributed by atoms with Crippen molar-refractivity contribution in [3.8, 4) is 11.3 Å². The van der Waals surface area contributed by atoms with Gasteiger partial charge in [-0.15, -0.1) is 0 Å². The van der Waals surface area contributed by atoms with E-state index in [9.17, 15) is 13.2 Å². The first-order valence-electron chi connectivity index (χ1n) is 10.3. The molecular formula is C19H22BF3N4O2. The molecule has 1 saturated heterocycles. The highest BCUT2D eigenvalue weighted by Gasteiger charge is 2.51. The number of aromatic nitrogens is 2. The molecule has 1 aliphatic heterocycles. The van der Waals surface area contributed by atoms with E-state index in [1.54, 1.807) is 24.3 Å². The number of nitrogens with two attached hydrogens (primary N) is 1. The summed E-state index contributed by atoms with van der Waals surface area (Å²) in [5, 5.41) is 3.79. The summed E-state index contributed by atoms with van der Waals surface area (Å²) in [6, 6.07) is 3.39. The zero-order valence-corrected chi connectivity index (χ0v) is 16.3. The zero-order chi connectivity index (χ0) is 24.3. The second-order valence-electron chi connectivity index (χ2n) is 7.79. The Balaban J connectivity index is 2.01. The largest absolute Gasteiger partial charge is 0.494 e. The molecule has 0 bridgehead atoms. The van der Waals surface area contributed by atoms with Gasteiger partial charge in [-0.05, 0) is 45.6 Å². The first-order chi connectivity index (χ1) is 14.5. The van der Waals surface area contributed by atoms with Crippen LogP contribution in [0.2, 0.25) is 0 Å². The van der Waals surface area contributed by atoms with Gasteiger partial charge in [-0.25, -0.2) is 9.53 Å². The second kappa shape index (κ2) is 6.78. The van der Waals surface area contributed by atoms with Crippen LogP contribution in [0, 0.1) is 6.57 Å². The molecule has 2 N–H and O–H groups in total. The third kappa shape index (κ3) is 3.60. The number of benzene rings is 1. The van der Waals surface area contributed by atoms with E-state index in [0.717, 1.165) is 0 Å². The van der Waals surface area contributed by atoms with Gasteiger partial charge in [-0.3, -0.25) is 0 Å². The highest BCUT2D eigenvalue weighted by atomic mass is 19.4. The van der Waals surface area contributed by atoms with E-state index in [2.05, 4.69) is 9.94 Å². The van der Waals surface area contributed by atoms with E-state index in [-0.39, 0.29) is 16.1 Å². The molecule has 1 aromatic heterocycles. The standard InChI is InChI=1S/C19H22BF3N4O2/c1-11(19(21,22)23)27-16(24)15(25-6)14(26-27)12-7-9-13(10-8-12)20-28-17(2,3)18(4,5)29-20/h7-11H,24H2,1-5H3/i1D3. The van der Waals surface area contributed by atoms with Crippen molar-refractivity contribution in [1.82, 2.24) is 9.78 Å². The fourth-order valence-corrected chi connectivity index (χ4v) is 2.86. The summed E-state index contributed by atoms with van der Waals surface area (Å²) in [6.07, 6.45) is -5.15. The molecule has 2 aromatic rings. The number of hydrogen-bond donors (Lipinski definition) is 1. The van der Waals surface area contributed by atoms with Crippen molar-refractivity contribution in [3.05, 3.63) is 35.7 Å². The monoisotopic (exact) mass is 409 g/mol. The van der Waals surface area contributed by atoms with Gasteiger partial charge in [-0.2, -0.15) is 18.3 Å². The quantitative estimate of drug-likeness (QED) is 0.612. The van der Waals surface area contributed by atoms with Crippen molar-refractivity contribution in [2.24, 2.45) is 0 Å². The van der Waals surface area contributed by atoms with Crippen LogP contribution in [0.1, 0.15) is 44.7 Å². The number of alkyl halides is 3. The van der Waals surface area contributed by atoms with E-state index >= 15 is 0 Å². The lowest BCUT2D eigenvalue weighted by Crippen LogP contribution is -2.41. The first kappa shape index (κ1) is 17.4. The normalized spacial score (nSPS) is 21.2. The summed E-state index contributed by atoms with van der Waals surface area (Å²) in [7, 11) is -0.651. The molecule has 0 saturated carbocycles. The Morgan fingerprint density at radius 2 is 1.76 bits per heavy atom. The second-order valence-corrected chi connectivity index (χ2v) is 7.79. The van der Waals surface area contributed by atoms with E-state index in [1.165, 1.54) is 0 Å². The maximum absolute atomic E-state index is 13.5. The van der Waals surface area contributed by atoms with Crippen LogP contribution in [0.5, 0.6) is 0 Å². The molecule has 2 heterocycles. The maximum Gasteiger partial charge on any atom is 0.494 e. The minimum absolute atomic E-state index is 0.142. The molecule has 1 fully saturated rings. The SMILES string of the molecule is [2H]C([2H])([2H])C(n1nc(-c2ccc(B3OC(C)(C)C(C)(C)O3)cc2)c([N+]#[C-])c1N)C(F)(F)F. The predicted molar refractivity (Wildman–Crippen MR) is 105 cm³/mol. The van der Waals surface area contributed by atoms with Gasteiger partial charge in [0.25, 0.3) is 5.69 Å². The van der Waals surface area contributed by atoms with Crippen LogP contribution in [-0.4, -0.2) is 34.3 Å². The Kier molecular flexibility index (Phi) is 4.06. The average Bonchev–Trinajstić information content (AvgIpc) is 3.05. The number of hydrogen-bond acceptors (Lipinski definition) is 4. The van der Waals surface area contributed by atoms with Crippen LogP contribution >= 0.6 is 0 Å². The van der Waals surface area contributed by atoms with E-state index in [4.69, 9.17) is 25.7 Å². The van der Waals surface area contributed by atoms with Gasteiger partial charge in [0.2, 0.25) is 0 Å². The molecule has 0 spiro atoms. The molecule has 0 radical (unpaired) electrons. The van der Waals surface area contributed by atoms with Crippen LogP contribution in [0.25, 0.3) is 16.1 Å². The smallest absolute Gasteiger partial charge is 0.399 e. The highest BCUT2D eigenvalue weighted by molar-refractivity contribution is 6.62. The fourth-order valence-electron chi connectivity index (χ4n) is 2.86. The summed E-state index contributed by atoms with van der Waals surface area (Å²) in [5.41, 5.74) is 5.10. The fraction of sp³-hybridized carbons (Fsp3) is 0.474. The van der Waals surface area contributed by atoms with Gasteiger partial charge < -0.3 is 15.0 Å². The molecule has 1 atom stereocenters. The lowest BCUT2D eigenvalue weighted by Gasteiger charge is -2.32. The lowest BCUT2D eigenvalue weighted by atomic mass is 9.79. The van der Waals surface area contributed by atoms with Gasteiger partial charge in [0.15, 0.2) is 0 Å². The number of nitrogen functional groups attached to an aromatic ring is 1. The summed E-state index contributed by atoms with van der Waals surface area (Å²) >= 11 is 0. The molecule has 154 valence electrons. The molecule has 1 unspecified atom stereocenters. The van der Waals surface area contributed by atoms with E-state index in [0.29, 0.717) is 11.0 Å². The summed E-state index contributed by atoms with van der Waals surface area (Å²) < 4.78 is 74.5. The van der Waals surface area contributed by atoms with Crippen LogP contribution in [-0.2, 0) is 9.31 Å². The number of rotatable bonds is 3. The summed E-state index contributed by atoms with van der Waals surface area (Å²) in [4.78, 5) is 3.19. The molecule has 6 nitrogen and oxygen atoms in total. The minimum atomic E-state index is -5.15.